The molecule has 0 fully saturated rings. The van der Waals surface area contributed by atoms with E-state index >= 15 is 0 Å². The summed E-state index contributed by atoms with van der Waals surface area (Å²) >= 11 is 0. The highest BCUT2D eigenvalue weighted by molar-refractivity contribution is 5.27. The number of nitrogens with zero attached hydrogens (tertiary/aromatic N) is 3. The second-order valence-corrected chi connectivity index (χ2v) is 6.01. The lowest BCUT2D eigenvalue weighted by Crippen LogP contribution is -2.42. The van der Waals surface area contributed by atoms with Crippen molar-refractivity contribution in [3.63, 3.8) is 0 Å². The lowest BCUT2D eigenvalue weighted by Gasteiger charge is -2.34. The van der Waals surface area contributed by atoms with Crippen LogP contribution in [0.1, 0.15) is 38.6 Å². The van der Waals surface area contributed by atoms with E-state index in [9.17, 15) is 0 Å². The Morgan fingerprint density at radius 3 is 2.48 bits per heavy atom. The summed E-state index contributed by atoms with van der Waals surface area (Å²) in [7, 11) is 1.96. The second kappa shape index (κ2) is 6.85. The van der Waals surface area contributed by atoms with Crippen molar-refractivity contribution in [1.82, 2.24) is 20.1 Å². The smallest absolute Gasteiger partial charge is 0.138 e. The first-order valence-corrected chi connectivity index (χ1v) is 7.69. The Bertz CT molecular complexity index is 547. The highest BCUT2D eigenvalue weighted by atomic mass is 15.3. The molecular formula is C17H26N4. The number of hydrogen-bond acceptors (Lipinski definition) is 3. The van der Waals surface area contributed by atoms with E-state index in [1.807, 2.05) is 11.7 Å². The molecule has 0 aliphatic rings. The van der Waals surface area contributed by atoms with E-state index in [-0.39, 0.29) is 5.41 Å². The van der Waals surface area contributed by atoms with Crippen LogP contribution in [0.25, 0.3) is 0 Å². The molecule has 0 spiro atoms. The number of nitrogens with one attached hydrogen (secondary N) is 1. The van der Waals surface area contributed by atoms with Gasteiger partial charge in [-0.2, -0.15) is 5.10 Å². The van der Waals surface area contributed by atoms with E-state index in [1.54, 1.807) is 6.33 Å². The minimum Gasteiger partial charge on any atom is -0.314 e. The number of aryl methyl sites for hydroxylation is 1. The van der Waals surface area contributed by atoms with Crippen molar-refractivity contribution in [3.8, 4) is 0 Å². The standard InChI is InChI=1S/C17H26N4/c1-5-17(12-18-14(2)3,15-9-7-6-8-10-15)11-16-19-13-20-21(16)4/h6-10,13-14,18H,5,11-12H2,1-4H3. The van der Waals surface area contributed by atoms with Crippen molar-refractivity contribution in [2.45, 2.75) is 45.1 Å². The van der Waals surface area contributed by atoms with Gasteiger partial charge in [0.15, 0.2) is 0 Å². The molecule has 1 aromatic carbocycles. The van der Waals surface area contributed by atoms with E-state index < -0.39 is 0 Å². The molecule has 1 unspecified atom stereocenters. The maximum Gasteiger partial charge on any atom is 0.138 e. The highest BCUT2D eigenvalue weighted by Gasteiger charge is 2.32. The Morgan fingerprint density at radius 2 is 1.95 bits per heavy atom. The first kappa shape index (κ1) is 15.7. The van der Waals surface area contributed by atoms with Crippen LogP contribution in [0.3, 0.4) is 0 Å². The highest BCUT2D eigenvalue weighted by Crippen LogP contribution is 2.31. The summed E-state index contributed by atoms with van der Waals surface area (Å²) < 4.78 is 1.88. The van der Waals surface area contributed by atoms with Gasteiger partial charge in [-0.15, -0.1) is 0 Å². The lowest BCUT2D eigenvalue weighted by molar-refractivity contribution is 0.352. The lowest BCUT2D eigenvalue weighted by atomic mass is 9.75. The van der Waals surface area contributed by atoms with Gasteiger partial charge in [-0.3, -0.25) is 4.68 Å². The van der Waals surface area contributed by atoms with Crippen molar-refractivity contribution in [2.24, 2.45) is 7.05 Å². The van der Waals surface area contributed by atoms with Crippen molar-refractivity contribution in [1.29, 1.82) is 0 Å². The van der Waals surface area contributed by atoms with Crippen molar-refractivity contribution in [2.75, 3.05) is 6.54 Å². The van der Waals surface area contributed by atoms with Gasteiger partial charge in [0, 0.05) is 31.5 Å². The van der Waals surface area contributed by atoms with Gasteiger partial charge < -0.3 is 5.32 Å². The van der Waals surface area contributed by atoms with Crippen LogP contribution in [0, 0.1) is 0 Å². The Labute approximate surface area is 127 Å². The van der Waals surface area contributed by atoms with Gasteiger partial charge in [-0.25, -0.2) is 4.98 Å². The second-order valence-electron chi connectivity index (χ2n) is 6.01. The van der Waals surface area contributed by atoms with Crippen molar-refractivity contribution < 1.29 is 0 Å². The zero-order valence-corrected chi connectivity index (χ0v) is 13.5. The first-order valence-electron chi connectivity index (χ1n) is 7.69. The third kappa shape index (κ3) is 3.70. The average Bonchev–Trinajstić information content (AvgIpc) is 2.89. The predicted molar refractivity (Wildman–Crippen MR) is 86.3 cm³/mol. The molecule has 0 bridgehead atoms. The fraction of sp³-hybridized carbons (Fsp3) is 0.529. The summed E-state index contributed by atoms with van der Waals surface area (Å²) in [4.78, 5) is 4.43. The minimum absolute atomic E-state index is 0.0479. The SMILES string of the molecule is CCC(CNC(C)C)(Cc1ncnn1C)c1ccccc1. The fourth-order valence-corrected chi connectivity index (χ4v) is 2.69. The van der Waals surface area contributed by atoms with Gasteiger partial charge in [0.05, 0.1) is 0 Å². The normalized spacial score (nSPS) is 14.3. The van der Waals surface area contributed by atoms with E-state index in [1.165, 1.54) is 5.56 Å². The first-order chi connectivity index (χ1) is 10.1. The maximum absolute atomic E-state index is 4.43. The predicted octanol–water partition coefficient (Wildman–Crippen LogP) is 2.70. The molecule has 1 aromatic heterocycles. The average molecular weight is 286 g/mol. The van der Waals surface area contributed by atoms with E-state index in [2.05, 4.69) is 66.5 Å². The van der Waals surface area contributed by atoms with Crippen LogP contribution < -0.4 is 5.32 Å². The molecule has 0 aliphatic carbocycles. The Balaban J connectivity index is 2.34. The van der Waals surface area contributed by atoms with Crippen LogP contribution in [0.15, 0.2) is 36.7 Å². The third-order valence-corrected chi connectivity index (χ3v) is 4.21. The molecule has 4 heteroatoms. The minimum atomic E-state index is 0.0479. The monoisotopic (exact) mass is 286 g/mol. The summed E-state index contributed by atoms with van der Waals surface area (Å²) in [5.74, 6) is 1.03. The van der Waals surface area contributed by atoms with E-state index in [0.717, 1.165) is 25.2 Å². The van der Waals surface area contributed by atoms with Gasteiger partial charge in [-0.05, 0) is 12.0 Å². The number of benzene rings is 1. The van der Waals surface area contributed by atoms with Gasteiger partial charge in [0.1, 0.15) is 12.2 Å². The van der Waals surface area contributed by atoms with Crippen molar-refractivity contribution >= 4 is 0 Å². The number of rotatable bonds is 7. The Morgan fingerprint density at radius 1 is 1.24 bits per heavy atom. The summed E-state index contributed by atoms with van der Waals surface area (Å²) in [5, 5.41) is 7.82. The van der Waals surface area contributed by atoms with Crippen LogP contribution in [-0.4, -0.2) is 27.4 Å². The summed E-state index contributed by atoms with van der Waals surface area (Å²) in [5.41, 5.74) is 1.41. The van der Waals surface area contributed by atoms with Gasteiger partial charge in [-0.1, -0.05) is 51.1 Å². The zero-order valence-electron chi connectivity index (χ0n) is 13.5. The molecule has 4 nitrogen and oxygen atoms in total. The van der Waals surface area contributed by atoms with Crippen LogP contribution >= 0.6 is 0 Å². The van der Waals surface area contributed by atoms with Crippen LogP contribution in [0.4, 0.5) is 0 Å². The molecular weight excluding hydrogens is 260 g/mol. The molecule has 0 radical (unpaired) electrons. The quantitative estimate of drug-likeness (QED) is 0.851. The molecule has 2 aromatic rings. The summed E-state index contributed by atoms with van der Waals surface area (Å²) in [6.07, 6.45) is 3.59. The molecule has 1 heterocycles. The topological polar surface area (TPSA) is 42.7 Å². The molecule has 1 atom stereocenters. The number of aromatic nitrogens is 3. The fourth-order valence-electron chi connectivity index (χ4n) is 2.69. The Hall–Kier alpha value is -1.68. The largest absolute Gasteiger partial charge is 0.314 e. The Kier molecular flexibility index (Phi) is 5.12. The van der Waals surface area contributed by atoms with Gasteiger partial charge in [0.25, 0.3) is 0 Å². The number of hydrogen-bond donors (Lipinski definition) is 1. The molecule has 114 valence electrons. The van der Waals surface area contributed by atoms with E-state index in [4.69, 9.17) is 0 Å². The zero-order chi connectivity index (χ0) is 15.3. The maximum atomic E-state index is 4.43. The molecule has 0 aliphatic heterocycles. The summed E-state index contributed by atoms with van der Waals surface area (Å²) in [6, 6.07) is 11.2. The van der Waals surface area contributed by atoms with Crippen LogP contribution in [0.2, 0.25) is 0 Å². The van der Waals surface area contributed by atoms with E-state index in [0.29, 0.717) is 6.04 Å². The molecule has 0 saturated heterocycles. The molecule has 21 heavy (non-hydrogen) atoms. The van der Waals surface area contributed by atoms with Crippen LogP contribution in [0.5, 0.6) is 0 Å². The molecule has 0 amide bonds. The van der Waals surface area contributed by atoms with Crippen molar-refractivity contribution in [3.05, 3.63) is 48.0 Å². The molecule has 2 rings (SSSR count). The van der Waals surface area contributed by atoms with Crippen LogP contribution in [-0.2, 0) is 18.9 Å². The summed E-state index contributed by atoms with van der Waals surface area (Å²) in [6.45, 7) is 7.57. The van der Waals surface area contributed by atoms with Gasteiger partial charge in [0.2, 0.25) is 0 Å². The molecule has 0 saturated carbocycles. The van der Waals surface area contributed by atoms with Gasteiger partial charge >= 0.3 is 0 Å². The molecule has 1 N–H and O–H groups in total. The third-order valence-electron chi connectivity index (χ3n) is 4.21.